The van der Waals surface area contributed by atoms with E-state index in [9.17, 15) is 4.79 Å². The van der Waals surface area contributed by atoms with E-state index in [4.69, 9.17) is 15.2 Å². The molecule has 17 heavy (non-hydrogen) atoms. The fourth-order valence-corrected chi connectivity index (χ4v) is 2.17. The molecule has 5 nitrogen and oxygen atoms in total. The zero-order valence-corrected chi connectivity index (χ0v) is 10.9. The summed E-state index contributed by atoms with van der Waals surface area (Å²) in [7, 11) is 1.64. The molecule has 0 spiro atoms. The minimum atomic E-state index is 0.0761. The Balaban J connectivity index is 2.55. The second kappa shape index (κ2) is 7.63. The van der Waals surface area contributed by atoms with Crippen molar-refractivity contribution in [2.75, 3.05) is 46.6 Å². The Hall–Kier alpha value is -0.650. The van der Waals surface area contributed by atoms with Crippen LogP contribution in [0.1, 0.15) is 13.3 Å². The Morgan fingerprint density at radius 2 is 2.29 bits per heavy atom. The van der Waals surface area contributed by atoms with Crippen LogP contribution in [0.4, 0.5) is 0 Å². The maximum atomic E-state index is 12.4. The molecule has 5 heteroatoms. The Morgan fingerprint density at radius 3 is 2.88 bits per heavy atom. The number of carbonyl (C=O) groups excluding carboxylic acids is 1. The van der Waals surface area contributed by atoms with E-state index in [2.05, 4.69) is 6.92 Å². The quantitative estimate of drug-likeness (QED) is 0.719. The number of nitrogens with two attached hydrogens (primary N) is 1. The molecule has 0 aromatic rings. The summed E-state index contributed by atoms with van der Waals surface area (Å²) in [6.45, 7) is 5.70. The van der Waals surface area contributed by atoms with Gasteiger partial charge in [0.1, 0.15) is 0 Å². The smallest absolute Gasteiger partial charge is 0.226 e. The van der Waals surface area contributed by atoms with Crippen LogP contribution in [0.25, 0.3) is 0 Å². The van der Waals surface area contributed by atoms with Gasteiger partial charge in [0.15, 0.2) is 0 Å². The van der Waals surface area contributed by atoms with Gasteiger partial charge in [0.25, 0.3) is 0 Å². The Labute approximate surface area is 103 Å². The molecule has 0 saturated carbocycles. The lowest BCUT2D eigenvalue weighted by atomic mass is 9.88. The Kier molecular flexibility index (Phi) is 6.47. The lowest BCUT2D eigenvalue weighted by Crippen LogP contribution is -2.45. The number of methoxy groups -OCH3 is 1. The van der Waals surface area contributed by atoms with Gasteiger partial charge in [-0.2, -0.15) is 0 Å². The van der Waals surface area contributed by atoms with E-state index in [0.717, 1.165) is 6.42 Å². The maximum absolute atomic E-state index is 12.4. The molecule has 1 aliphatic heterocycles. The van der Waals surface area contributed by atoms with Gasteiger partial charge < -0.3 is 20.1 Å². The average molecular weight is 244 g/mol. The van der Waals surface area contributed by atoms with Crippen molar-refractivity contribution in [2.45, 2.75) is 13.3 Å². The predicted molar refractivity (Wildman–Crippen MR) is 65.6 cm³/mol. The molecule has 1 fully saturated rings. The van der Waals surface area contributed by atoms with Crippen molar-refractivity contribution >= 4 is 5.91 Å². The molecule has 1 rings (SSSR count). The molecule has 1 heterocycles. The minimum Gasteiger partial charge on any atom is -0.383 e. The van der Waals surface area contributed by atoms with Crippen molar-refractivity contribution in [1.82, 2.24) is 4.90 Å². The van der Waals surface area contributed by atoms with E-state index >= 15 is 0 Å². The number of ether oxygens (including phenoxy) is 2. The number of amides is 1. The average Bonchev–Trinajstić information content (AvgIpc) is 2.34. The van der Waals surface area contributed by atoms with Gasteiger partial charge in [0.05, 0.1) is 6.61 Å². The molecule has 2 atom stereocenters. The molecule has 1 aliphatic rings. The zero-order chi connectivity index (χ0) is 12.7. The first-order chi connectivity index (χ1) is 8.20. The first-order valence-corrected chi connectivity index (χ1v) is 6.26. The van der Waals surface area contributed by atoms with Crippen molar-refractivity contribution in [1.29, 1.82) is 0 Å². The summed E-state index contributed by atoms with van der Waals surface area (Å²) >= 11 is 0. The van der Waals surface area contributed by atoms with Gasteiger partial charge in [0.2, 0.25) is 5.91 Å². The molecule has 1 saturated heterocycles. The molecule has 0 aromatic carbocycles. The molecule has 0 aliphatic carbocycles. The molecular weight excluding hydrogens is 220 g/mol. The highest BCUT2D eigenvalue weighted by molar-refractivity contribution is 5.79. The standard InChI is InChI=1S/C12H24N2O3/c1-10-9-17-7-3-11(10)12(15)14(5-4-13)6-8-16-2/h10-11H,3-9,13H2,1-2H3. The van der Waals surface area contributed by atoms with Crippen LogP contribution in [0.3, 0.4) is 0 Å². The number of carbonyl (C=O) groups is 1. The van der Waals surface area contributed by atoms with Crippen LogP contribution in [0.15, 0.2) is 0 Å². The number of rotatable bonds is 6. The first kappa shape index (κ1) is 14.4. The fourth-order valence-electron chi connectivity index (χ4n) is 2.17. The van der Waals surface area contributed by atoms with Crippen molar-refractivity contribution in [2.24, 2.45) is 17.6 Å². The van der Waals surface area contributed by atoms with Gasteiger partial charge in [-0.05, 0) is 12.3 Å². The maximum Gasteiger partial charge on any atom is 0.226 e. The fraction of sp³-hybridized carbons (Fsp3) is 0.917. The van der Waals surface area contributed by atoms with E-state index in [-0.39, 0.29) is 11.8 Å². The van der Waals surface area contributed by atoms with Crippen LogP contribution in [-0.4, -0.2) is 57.4 Å². The summed E-state index contributed by atoms with van der Waals surface area (Å²) in [6, 6.07) is 0. The number of nitrogens with zero attached hydrogens (tertiary/aromatic N) is 1. The summed E-state index contributed by atoms with van der Waals surface area (Å²) in [4.78, 5) is 14.2. The Morgan fingerprint density at radius 1 is 1.53 bits per heavy atom. The topological polar surface area (TPSA) is 64.8 Å². The summed E-state index contributed by atoms with van der Waals surface area (Å²) in [5.74, 6) is 0.564. The number of hydrogen-bond acceptors (Lipinski definition) is 4. The monoisotopic (exact) mass is 244 g/mol. The molecule has 0 radical (unpaired) electrons. The molecule has 2 N–H and O–H groups in total. The zero-order valence-electron chi connectivity index (χ0n) is 10.9. The third-order valence-electron chi connectivity index (χ3n) is 3.23. The molecule has 1 amide bonds. The highest BCUT2D eigenvalue weighted by atomic mass is 16.5. The lowest BCUT2D eigenvalue weighted by Gasteiger charge is -2.32. The molecule has 0 aromatic heterocycles. The van der Waals surface area contributed by atoms with Gasteiger partial charge in [0, 0.05) is 45.9 Å². The van der Waals surface area contributed by atoms with Crippen LogP contribution in [0.2, 0.25) is 0 Å². The summed E-state index contributed by atoms with van der Waals surface area (Å²) < 4.78 is 10.4. The van der Waals surface area contributed by atoms with Crippen LogP contribution in [0, 0.1) is 11.8 Å². The summed E-state index contributed by atoms with van der Waals surface area (Å²) in [5, 5.41) is 0. The normalized spacial score (nSPS) is 24.6. The van der Waals surface area contributed by atoms with E-state index < -0.39 is 0 Å². The summed E-state index contributed by atoms with van der Waals surface area (Å²) in [5.41, 5.74) is 5.54. The van der Waals surface area contributed by atoms with Gasteiger partial charge in [-0.1, -0.05) is 6.92 Å². The SMILES string of the molecule is COCCN(CCN)C(=O)C1CCOCC1C. The van der Waals surface area contributed by atoms with Crippen LogP contribution < -0.4 is 5.73 Å². The van der Waals surface area contributed by atoms with Crippen LogP contribution in [-0.2, 0) is 14.3 Å². The van der Waals surface area contributed by atoms with E-state index in [1.165, 1.54) is 0 Å². The second-order valence-corrected chi connectivity index (χ2v) is 4.55. The number of hydrogen-bond donors (Lipinski definition) is 1. The first-order valence-electron chi connectivity index (χ1n) is 6.26. The van der Waals surface area contributed by atoms with Crippen molar-refractivity contribution in [3.63, 3.8) is 0 Å². The van der Waals surface area contributed by atoms with E-state index in [1.54, 1.807) is 7.11 Å². The van der Waals surface area contributed by atoms with Gasteiger partial charge in [-0.15, -0.1) is 0 Å². The van der Waals surface area contributed by atoms with Crippen molar-refractivity contribution in [3.05, 3.63) is 0 Å². The molecule has 0 bridgehead atoms. The van der Waals surface area contributed by atoms with Crippen LogP contribution in [0.5, 0.6) is 0 Å². The minimum absolute atomic E-state index is 0.0761. The largest absolute Gasteiger partial charge is 0.383 e. The second-order valence-electron chi connectivity index (χ2n) is 4.55. The molecule has 2 unspecified atom stereocenters. The van der Waals surface area contributed by atoms with Crippen molar-refractivity contribution < 1.29 is 14.3 Å². The van der Waals surface area contributed by atoms with Crippen molar-refractivity contribution in [3.8, 4) is 0 Å². The predicted octanol–water partition coefficient (Wildman–Crippen LogP) is 0.0927. The van der Waals surface area contributed by atoms with Crippen LogP contribution >= 0.6 is 0 Å². The van der Waals surface area contributed by atoms with E-state index in [1.807, 2.05) is 4.90 Å². The summed E-state index contributed by atoms with van der Waals surface area (Å²) in [6.07, 6.45) is 0.814. The third kappa shape index (κ3) is 4.26. The molecule has 100 valence electrons. The lowest BCUT2D eigenvalue weighted by molar-refractivity contribution is -0.141. The van der Waals surface area contributed by atoms with Gasteiger partial charge >= 0.3 is 0 Å². The molecular formula is C12H24N2O3. The third-order valence-corrected chi connectivity index (χ3v) is 3.23. The van der Waals surface area contributed by atoms with E-state index in [0.29, 0.717) is 45.4 Å². The highest BCUT2D eigenvalue weighted by Crippen LogP contribution is 2.23. The van der Waals surface area contributed by atoms with Gasteiger partial charge in [-0.25, -0.2) is 0 Å². The highest BCUT2D eigenvalue weighted by Gasteiger charge is 2.31. The van der Waals surface area contributed by atoms with Gasteiger partial charge in [-0.3, -0.25) is 4.79 Å². The Bertz CT molecular complexity index is 236.